The minimum Gasteiger partial charge on any atom is -0.353 e. The minimum absolute atomic E-state index is 0.464. The van der Waals surface area contributed by atoms with E-state index in [9.17, 15) is 0 Å². The fourth-order valence-electron chi connectivity index (χ4n) is 2.87. The van der Waals surface area contributed by atoms with Crippen molar-refractivity contribution in [1.82, 2.24) is 15.2 Å². The molecule has 1 aliphatic rings. The van der Waals surface area contributed by atoms with Crippen LogP contribution in [-0.2, 0) is 6.54 Å². The third-order valence-corrected chi connectivity index (χ3v) is 4.05. The Kier molecular flexibility index (Phi) is 5.59. The smallest absolute Gasteiger partial charge is 0.131 e. The van der Waals surface area contributed by atoms with Gasteiger partial charge in [-0.25, -0.2) is 4.98 Å². The van der Waals surface area contributed by atoms with Crippen LogP contribution >= 0.6 is 0 Å². The summed E-state index contributed by atoms with van der Waals surface area (Å²) in [6, 6.07) is 3.49. The summed E-state index contributed by atoms with van der Waals surface area (Å²) in [5.74, 6) is 1.13. The van der Waals surface area contributed by atoms with Gasteiger partial charge in [-0.1, -0.05) is 0 Å². The first-order valence-corrected chi connectivity index (χ1v) is 8.11. The highest BCUT2D eigenvalue weighted by atomic mass is 15.2. The summed E-state index contributed by atoms with van der Waals surface area (Å²) in [6.07, 6.45) is 4.69. The Labute approximate surface area is 129 Å². The number of likely N-dealkylation sites (N-methyl/N-ethyl adjacent to an activating group) is 2. The topological polar surface area (TPSA) is 31.4 Å². The van der Waals surface area contributed by atoms with Gasteiger partial charge in [0.2, 0.25) is 0 Å². The lowest BCUT2D eigenvalue weighted by molar-refractivity contribution is 0.372. The van der Waals surface area contributed by atoms with Gasteiger partial charge in [0.25, 0.3) is 0 Å². The molecule has 2 rings (SSSR count). The quantitative estimate of drug-likeness (QED) is 0.797. The van der Waals surface area contributed by atoms with Crippen molar-refractivity contribution in [2.24, 2.45) is 0 Å². The molecule has 1 N–H and O–H groups in total. The summed E-state index contributed by atoms with van der Waals surface area (Å²) in [4.78, 5) is 9.37. The van der Waals surface area contributed by atoms with Gasteiger partial charge in [-0.15, -0.1) is 0 Å². The molecule has 4 nitrogen and oxygen atoms in total. The van der Waals surface area contributed by atoms with E-state index in [1.807, 2.05) is 6.20 Å². The number of aryl methyl sites for hydroxylation is 1. The molecule has 1 aromatic rings. The van der Waals surface area contributed by atoms with Gasteiger partial charge in [0.05, 0.1) is 0 Å². The summed E-state index contributed by atoms with van der Waals surface area (Å²) in [6.45, 7) is 9.62. The van der Waals surface area contributed by atoms with E-state index in [2.05, 4.69) is 56.0 Å². The first-order valence-electron chi connectivity index (χ1n) is 8.11. The average Bonchev–Trinajstić information content (AvgIpc) is 3.22. The van der Waals surface area contributed by atoms with Crippen LogP contribution in [0.1, 0.15) is 37.8 Å². The second-order valence-electron chi connectivity index (χ2n) is 6.54. The highest BCUT2D eigenvalue weighted by Crippen LogP contribution is 2.22. The van der Waals surface area contributed by atoms with Gasteiger partial charge in [-0.3, -0.25) is 0 Å². The van der Waals surface area contributed by atoms with Crippen LogP contribution in [0.2, 0.25) is 0 Å². The maximum Gasteiger partial charge on any atom is 0.131 e. The predicted molar refractivity (Wildman–Crippen MR) is 89.9 cm³/mol. The fraction of sp³-hybridized carbons (Fsp3) is 0.706. The van der Waals surface area contributed by atoms with E-state index in [4.69, 9.17) is 4.98 Å². The van der Waals surface area contributed by atoms with E-state index in [0.717, 1.165) is 31.5 Å². The van der Waals surface area contributed by atoms with Crippen LogP contribution in [0.25, 0.3) is 0 Å². The van der Waals surface area contributed by atoms with Crippen molar-refractivity contribution >= 4 is 5.82 Å². The molecule has 1 atom stereocenters. The summed E-state index contributed by atoms with van der Waals surface area (Å²) in [5.41, 5.74) is 2.57. The first-order chi connectivity index (χ1) is 10.0. The van der Waals surface area contributed by atoms with E-state index in [-0.39, 0.29) is 0 Å². The van der Waals surface area contributed by atoms with Crippen LogP contribution in [0.4, 0.5) is 5.82 Å². The monoisotopic (exact) mass is 290 g/mol. The van der Waals surface area contributed by atoms with Crippen molar-refractivity contribution in [2.45, 2.75) is 52.2 Å². The van der Waals surface area contributed by atoms with Crippen molar-refractivity contribution in [3.8, 4) is 0 Å². The van der Waals surface area contributed by atoms with Crippen LogP contribution in [-0.4, -0.2) is 49.2 Å². The number of rotatable bonds is 8. The third kappa shape index (κ3) is 4.68. The molecule has 0 amide bonds. The van der Waals surface area contributed by atoms with Gasteiger partial charge in [0.15, 0.2) is 0 Å². The van der Waals surface area contributed by atoms with E-state index in [1.165, 1.54) is 24.0 Å². The molecular weight excluding hydrogens is 260 g/mol. The molecule has 0 aromatic carbocycles. The zero-order valence-electron chi connectivity index (χ0n) is 14.2. The van der Waals surface area contributed by atoms with Crippen molar-refractivity contribution in [3.05, 3.63) is 23.4 Å². The molecule has 0 spiro atoms. The maximum absolute atomic E-state index is 4.74. The zero-order valence-corrected chi connectivity index (χ0v) is 14.2. The van der Waals surface area contributed by atoms with Crippen LogP contribution in [0.3, 0.4) is 0 Å². The average molecular weight is 290 g/mol. The summed E-state index contributed by atoms with van der Waals surface area (Å²) in [7, 11) is 4.24. The molecule has 0 saturated heterocycles. The van der Waals surface area contributed by atoms with Crippen molar-refractivity contribution in [2.75, 3.05) is 32.1 Å². The SMILES string of the molecule is CCN(c1ncc(CNC2CC2)cc1C)C(C)CN(C)C. The Morgan fingerprint density at radius 2 is 2.10 bits per heavy atom. The Balaban J connectivity index is 2.05. The molecular formula is C17H30N4. The van der Waals surface area contributed by atoms with Crippen LogP contribution in [0, 0.1) is 6.92 Å². The minimum atomic E-state index is 0.464. The Morgan fingerprint density at radius 3 is 2.62 bits per heavy atom. The lowest BCUT2D eigenvalue weighted by Crippen LogP contribution is -2.41. The number of nitrogens with zero attached hydrogens (tertiary/aromatic N) is 3. The molecule has 4 heteroatoms. The Hall–Kier alpha value is -1.13. The first kappa shape index (κ1) is 16.2. The number of pyridine rings is 1. The van der Waals surface area contributed by atoms with E-state index >= 15 is 0 Å². The van der Waals surface area contributed by atoms with E-state index in [1.54, 1.807) is 0 Å². The normalized spacial score (nSPS) is 16.3. The second-order valence-corrected chi connectivity index (χ2v) is 6.54. The number of nitrogens with one attached hydrogen (secondary N) is 1. The maximum atomic E-state index is 4.74. The fourth-order valence-corrected chi connectivity index (χ4v) is 2.87. The van der Waals surface area contributed by atoms with Gasteiger partial charge in [0, 0.05) is 37.9 Å². The van der Waals surface area contributed by atoms with Gasteiger partial charge in [-0.2, -0.15) is 0 Å². The molecule has 0 radical (unpaired) electrons. The van der Waals surface area contributed by atoms with Crippen molar-refractivity contribution in [1.29, 1.82) is 0 Å². The third-order valence-electron chi connectivity index (χ3n) is 4.05. The molecule has 21 heavy (non-hydrogen) atoms. The van der Waals surface area contributed by atoms with E-state index < -0.39 is 0 Å². The largest absolute Gasteiger partial charge is 0.353 e. The molecule has 1 unspecified atom stereocenters. The van der Waals surface area contributed by atoms with E-state index in [0.29, 0.717) is 6.04 Å². The zero-order chi connectivity index (χ0) is 15.4. The molecule has 1 saturated carbocycles. The molecule has 118 valence electrons. The van der Waals surface area contributed by atoms with Gasteiger partial charge in [0.1, 0.15) is 5.82 Å². The van der Waals surface area contributed by atoms with Crippen LogP contribution in [0.15, 0.2) is 12.3 Å². The van der Waals surface area contributed by atoms with Crippen molar-refractivity contribution < 1.29 is 0 Å². The molecule has 1 aliphatic carbocycles. The summed E-state index contributed by atoms with van der Waals surface area (Å²) < 4.78 is 0. The molecule has 0 bridgehead atoms. The number of hydrogen-bond acceptors (Lipinski definition) is 4. The van der Waals surface area contributed by atoms with Crippen LogP contribution < -0.4 is 10.2 Å². The number of anilines is 1. The highest BCUT2D eigenvalue weighted by molar-refractivity contribution is 5.48. The highest BCUT2D eigenvalue weighted by Gasteiger charge is 2.20. The predicted octanol–water partition coefficient (Wildman–Crippen LogP) is 2.42. The summed E-state index contributed by atoms with van der Waals surface area (Å²) >= 11 is 0. The lowest BCUT2D eigenvalue weighted by atomic mass is 10.1. The Morgan fingerprint density at radius 1 is 1.38 bits per heavy atom. The van der Waals surface area contributed by atoms with Crippen LogP contribution in [0.5, 0.6) is 0 Å². The molecule has 1 fully saturated rings. The van der Waals surface area contributed by atoms with Gasteiger partial charge >= 0.3 is 0 Å². The molecule has 0 aliphatic heterocycles. The molecule has 1 heterocycles. The second kappa shape index (κ2) is 7.23. The number of aromatic nitrogens is 1. The number of hydrogen-bond donors (Lipinski definition) is 1. The summed E-state index contributed by atoms with van der Waals surface area (Å²) in [5, 5.41) is 3.55. The molecule has 1 aromatic heterocycles. The standard InChI is InChI=1S/C17H30N4/c1-6-21(14(3)12-20(4)5)17-13(2)9-15(11-19-17)10-18-16-7-8-16/h9,11,14,16,18H,6-8,10,12H2,1-5H3. The van der Waals surface area contributed by atoms with Gasteiger partial charge < -0.3 is 15.1 Å². The Bertz CT molecular complexity index is 454. The lowest BCUT2D eigenvalue weighted by Gasteiger charge is -2.32. The van der Waals surface area contributed by atoms with Crippen molar-refractivity contribution in [3.63, 3.8) is 0 Å². The van der Waals surface area contributed by atoms with Gasteiger partial charge in [-0.05, 0) is 64.9 Å².